The number of aryl methyl sites for hydroxylation is 1. The maximum absolute atomic E-state index is 12.1. The number of anilines is 1. The molecule has 108 valence electrons. The highest BCUT2D eigenvalue weighted by Gasteiger charge is 2.16. The van der Waals surface area contributed by atoms with E-state index < -0.39 is 10.8 Å². The number of rotatable bonds is 5. The van der Waals surface area contributed by atoms with Gasteiger partial charge in [0, 0.05) is 38.9 Å². The van der Waals surface area contributed by atoms with Crippen molar-refractivity contribution in [3.05, 3.63) is 28.6 Å². The van der Waals surface area contributed by atoms with Crippen LogP contribution in [0.2, 0.25) is 0 Å². The molecule has 0 fully saturated rings. The van der Waals surface area contributed by atoms with Crippen molar-refractivity contribution in [3.63, 3.8) is 0 Å². The Morgan fingerprint density at radius 3 is 2.90 bits per heavy atom. The van der Waals surface area contributed by atoms with E-state index in [1.807, 2.05) is 32.0 Å². The lowest BCUT2D eigenvalue weighted by molar-refractivity contribution is 0.0961. The number of thiophene rings is 1. The lowest BCUT2D eigenvalue weighted by Gasteiger charge is -2.03. The van der Waals surface area contributed by atoms with Gasteiger partial charge in [-0.15, -0.1) is 11.3 Å². The highest BCUT2D eigenvalue weighted by molar-refractivity contribution is 7.84. The van der Waals surface area contributed by atoms with Crippen molar-refractivity contribution >= 4 is 43.8 Å². The van der Waals surface area contributed by atoms with E-state index >= 15 is 0 Å². The Morgan fingerprint density at radius 2 is 2.20 bits per heavy atom. The number of hydrogen-bond donors (Lipinski definition) is 2. The molecule has 0 aliphatic carbocycles. The minimum absolute atomic E-state index is 0.186. The van der Waals surface area contributed by atoms with Crippen LogP contribution in [0.5, 0.6) is 0 Å². The maximum Gasteiger partial charge on any atom is 0.263 e. The van der Waals surface area contributed by atoms with Crippen LogP contribution in [0.4, 0.5) is 5.69 Å². The van der Waals surface area contributed by atoms with Crippen molar-refractivity contribution in [2.24, 2.45) is 0 Å². The molecule has 0 radical (unpaired) electrons. The fraction of sp³-hybridized carbons (Fsp3) is 0.357. The van der Waals surface area contributed by atoms with Crippen LogP contribution in [0, 0.1) is 6.92 Å². The van der Waals surface area contributed by atoms with Gasteiger partial charge in [0.15, 0.2) is 0 Å². The van der Waals surface area contributed by atoms with Crippen LogP contribution >= 0.6 is 11.3 Å². The Bertz CT molecular complexity index is 664. The van der Waals surface area contributed by atoms with E-state index in [0.29, 0.717) is 28.6 Å². The third-order valence-electron chi connectivity index (χ3n) is 3.03. The topological polar surface area (TPSA) is 72.2 Å². The molecule has 0 saturated carbocycles. The molecule has 6 heteroatoms. The van der Waals surface area contributed by atoms with Crippen molar-refractivity contribution in [2.75, 3.05) is 23.8 Å². The molecule has 1 atom stereocenters. The molecule has 1 aromatic carbocycles. The number of carbonyl (C=O) groups excluding carboxylic acids is 1. The van der Waals surface area contributed by atoms with E-state index in [0.717, 1.165) is 15.6 Å². The Balaban J connectivity index is 2.14. The summed E-state index contributed by atoms with van der Waals surface area (Å²) < 4.78 is 12.3. The summed E-state index contributed by atoms with van der Waals surface area (Å²) in [6.45, 7) is 4.27. The van der Waals surface area contributed by atoms with Gasteiger partial charge in [-0.2, -0.15) is 0 Å². The minimum Gasteiger partial charge on any atom is -0.397 e. The molecule has 0 bridgehead atoms. The molecule has 2 rings (SSSR count). The summed E-state index contributed by atoms with van der Waals surface area (Å²) in [7, 11) is -0.866. The molecule has 20 heavy (non-hydrogen) atoms. The predicted octanol–water partition coefficient (Wildman–Crippen LogP) is 2.29. The number of carbonyl (C=O) groups is 1. The average molecular weight is 310 g/mol. The van der Waals surface area contributed by atoms with E-state index in [1.54, 1.807) is 0 Å². The van der Waals surface area contributed by atoms with Gasteiger partial charge >= 0.3 is 0 Å². The van der Waals surface area contributed by atoms with E-state index in [2.05, 4.69) is 5.32 Å². The molecule has 0 aliphatic rings. The van der Waals surface area contributed by atoms with Crippen molar-refractivity contribution in [1.29, 1.82) is 0 Å². The molecular formula is C14H18N2O2S2. The number of nitrogens with two attached hydrogens (primary N) is 1. The summed E-state index contributed by atoms with van der Waals surface area (Å²) in [5.74, 6) is 0.904. The number of benzene rings is 1. The number of nitrogen functional groups attached to an aromatic ring is 1. The minimum atomic E-state index is -0.866. The highest BCUT2D eigenvalue weighted by atomic mass is 32.2. The van der Waals surface area contributed by atoms with Gasteiger partial charge in [0.2, 0.25) is 0 Å². The molecule has 1 amide bonds. The second kappa shape index (κ2) is 6.37. The van der Waals surface area contributed by atoms with Gasteiger partial charge < -0.3 is 11.1 Å². The van der Waals surface area contributed by atoms with Crippen LogP contribution in [0.15, 0.2) is 18.2 Å². The van der Waals surface area contributed by atoms with E-state index in [1.165, 1.54) is 11.3 Å². The number of amides is 1. The van der Waals surface area contributed by atoms with Crippen LogP contribution < -0.4 is 11.1 Å². The first-order chi connectivity index (χ1) is 9.52. The Morgan fingerprint density at radius 1 is 1.45 bits per heavy atom. The average Bonchev–Trinajstić information content (AvgIpc) is 2.75. The zero-order valence-electron chi connectivity index (χ0n) is 11.6. The summed E-state index contributed by atoms with van der Waals surface area (Å²) in [6, 6.07) is 5.98. The second-order valence-electron chi connectivity index (χ2n) is 4.53. The zero-order chi connectivity index (χ0) is 14.7. The third kappa shape index (κ3) is 3.19. The summed E-state index contributed by atoms with van der Waals surface area (Å²) in [5.41, 5.74) is 7.70. The largest absolute Gasteiger partial charge is 0.397 e. The summed E-state index contributed by atoms with van der Waals surface area (Å²) in [6.07, 6.45) is 0. The summed E-state index contributed by atoms with van der Waals surface area (Å²) in [4.78, 5) is 12.6. The molecule has 4 nitrogen and oxygen atoms in total. The molecule has 1 aromatic heterocycles. The zero-order valence-corrected chi connectivity index (χ0v) is 13.2. The molecular weight excluding hydrogens is 292 g/mol. The smallest absolute Gasteiger partial charge is 0.263 e. The van der Waals surface area contributed by atoms with E-state index in [-0.39, 0.29) is 5.91 Å². The van der Waals surface area contributed by atoms with Gasteiger partial charge in [-0.1, -0.05) is 18.6 Å². The number of hydrogen-bond acceptors (Lipinski definition) is 4. The summed E-state index contributed by atoms with van der Waals surface area (Å²) in [5, 5.41) is 3.71. The second-order valence-corrected chi connectivity index (χ2v) is 7.45. The third-order valence-corrected chi connectivity index (χ3v) is 5.51. The quantitative estimate of drug-likeness (QED) is 0.890. The number of nitrogens with one attached hydrogen (secondary N) is 1. The highest BCUT2D eigenvalue weighted by Crippen LogP contribution is 2.34. The Labute approximate surface area is 124 Å². The monoisotopic (exact) mass is 310 g/mol. The van der Waals surface area contributed by atoms with Gasteiger partial charge in [-0.05, 0) is 19.1 Å². The van der Waals surface area contributed by atoms with Crippen molar-refractivity contribution in [1.82, 2.24) is 5.32 Å². The van der Waals surface area contributed by atoms with Gasteiger partial charge in [0.05, 0.1) is 5.69 Å². The fourth-order valence-corrected chi connectivity index (χ4v) is 3.54. The Kier molecular flexibility index (Phi) is 4.77. The van der Waals surface area contributed by atoms with Gasteiger partial charge in [0.25, 0.3) is 5.91 Å². The Hall–Kier alpha value is -1.40. The molecule has 1 heterocycles. The first-order valence-electron chi connectivity index (χ1n) is 6.44. The van der Waals surface area contributed by atoms with E-state index in [4.69, 9.17) is 5.73 Å². The normalized spacial score (nSPS) is 12.5. The van der Waals surface area contributed by atoms with Crippen molar-refractivity contribution in [2.45, 2.75) is 13.8 Å². The standard InChI is InChI=1S/C14H18N2O2S2/c1-3-20(18)7-6-16-14(17)13-12(15)10-8-9(2)4-5-11(10)19-13/h4-5,8H,3,6-7,15H2,1-2H3,(H,16,17). The van der Waals surface area contributed by atoms with Crippen LogP contribution in [0.25, 0.3) is 10.1 Å². The maximum atomic E-state index is 12.1. The fourth-order valence-electron chi connectivity index (χ4n) is 1.90. The van der Waals surface area contributed by atoms with Gasteiger partial charge in [0.1, 0.15) is 4.88 Å². The molecule has 0 spiro atoms. The van der Waals surface area contributed by atoms with Crippen molar-refractivity contribution < 1.29 is 9.00 Å². The summed E-state index contributed by atoms with van der Waals surface area (Å²) >= 11 is 1.39. The van der Waals surface area contributed by atoms with Crippen LogP contribution in [-0.2, 0) is 10.8 Å². The molecule has 2 aromatic rings. The predicted molar refractivity (Wildman–Crippen MR) is 86.9 cm³/mol. The first kappa shape index (κ1) is 15.0. The van der Waals surface area contributed by atoms with Gasteiger partial charge in [-0.3, -0.25) is 9.00 Å². The molecule has 0 aliphatic heterocycles. The molecule has 0 saturated heterocycles. The first-order valence-corrected chi connectivity index (χ1v) is 8.75. The van der Waals surface area contributed by atoms with Crippen LogP contribution in [0.3, 0.4) is 0 Å². The van der Waals surface area contributed by atoms with Crippen molar-refractivity contribution in [3.8, 4) is 0 Å². The van der Waals surface area contributed by atoms with Crippen LogP contribution in [-0.4, -0.2) is 28.2 Å². The van der Waals surface area contributed by atoms with Gasteiger partial charge in [-0.25, -0.2) is 0 Å². The van der Waals surface area contributed by atoms with Crippen LogP contribution in [0.1, 0.15) is 22.2 Å². The lowest BCUT2D eigenvalue weighted by Crippen LogP contribution is -2.27. The molecule has 3 N–H and O–H groups in total. The SMILES string of the molecule is CCS(=O)CCNC(=O)c1sc2ccc(C)cc2c1N. The lowest BCUT2D eigenvalue weighted by atomic mass is 10.1. The number of fused-ring (bicyclic) bond motifs is 1. The van der Waals surface area contributed by atoms with E-state index in [9.17, 15) is 9.00 Å². The molecule has 1 unspecified atom stereocenters.